The number of nitrogens with zero attached hydrogens (tertiary/aromatic N) is 2. The topological polar surface area (TPSA) is 54.5 Å². The summed E-state index contributed by atoms with van der Waals surface area (Å²) in [7, 11) is 1.67. The first-order chi connectivity index (χ1) is 12.2. The summed E-state index contributed by atoms with van der Waals surface area (Å²) in [5.74, 6) is 1.75. The number of fused-ring (bicyclic) bond motifs is 2. The second-order valence-corrected chi connectivity index (χ2v) is 7.99. The Morgan fingerprint density at radius 3 is 3.04 bits per heavy atom. The van der Waals surface area contributed by atoms with E-state index in [-0.39, 0.29) is 5.91 Å². The summed E-state index contributed by atoms with van der Waals surface area (Å²) in [6, 6.07) is 8.49. The van der Waals surface area contributed by atoms with Crippen LogP contribution in [-0.2, 0) is 11.3 Å². The van der Waals surface area contributed by atoms with Gasteiger partial charge in [-0.3, -0.25) is 9.69 Å². The molecule has 2 atom stereocenters. The van der Waals surface area contributed by atoms with Gasteiger partial charge in [0, 0.05) is 23.7 Å². The van der Waals surface area contributed by atoms with E-state index in [1.54, 1.807) is 18.4 Å². The van der Waals surface area contributed by atoms with Gasteiger partial charge >= 0.3 is 0 Å². The molecule has 2 aromatic rings. The summed E-state index contributed by atoms with van der Waals surface area (Å²) in [6.07, 6.45) is 5.72. The lowest BCUT2D eigenvalue weighted by atomic mass is 10.1. The minimum atomic E-state index is 0.111. The van der Waals surface area contributed by atoms with Crippen molar-refractivity contribution in [3.8, 4) is 16.3 Å². The predicted molar refractivity (Wildman–Crippen MR) is 98.7 cm³/mol. The number of benzene rings is 1. The van der Waals surface area contributed by atoms with Gasteiger partial charge in [-0.05, 0) is 37.3 Å². The number of para-hydroxylation sites is 1. The fraction of sp³-hybridized carbons (Fsp3) is 0.474. The highest BCUT2D eigenvalue weighted by Gasteiger charge is 2.38. The number of nitrogens with one attached hydrogen (secondary N) is 1. The lowest BCUT2D eigenvalue weighted by molar-refractivity contribution is -0.122. The van der Waals surface area contributed by atoms with Crippen molar-refractivity contribution >= 4 is 17.2 Å². The molecule has 1 N–H and O–H groups in total. The molecule has 1 aromatic heterocycles. The van der Waals surface area contributed by atoms with Crippen LogP contribution < -0.4 is 10.1 Å². The normalized spacial score (nSPS) is 22.3. The van der Waals surface area contributed by atoms with Gasteiger partial charge in [0.15, 0.2) is 0 Å². The van der Waals surface area contributed by atoms with Crippen LogP contribution in [0, 0.1) is 5.92 Å². The summed E-state index contributed by atoms with van der Waals surface area (Å²) in [4.78, 5) is 20.1. The largest absolute Gasteiger partial charge is 0.496 e. The smallest absolute Gasteiger partial charge is 0.234 e. The molecule has 2 aliphatic rings. The first kappa shape index (κ1) is 16.5. The number of rotatable bonds is 6. The van der Waals surface area contributed by atoms with Crippen molar-refractivity contribution in [3.63, 3.8) is 0 Å². The van der Waals surface area contributed by atoms with Crippen LogP contribution in [0.15, 0.2) is 30.5 Å². The molecule has 1 saturated carbocycles. The van der Waals surface area contributed by atoms with Crippen molar-refractivity contribution in [2.24, 2.45) is 5.92 Å². The number of ether oxygens (including phenoxy) is 1. The lowest BCUT2D eigenvalue weighted by Crippen LogP contribution is -2.40. The maximum absolute atomic E-state index is 12.2. The standard InChI is InChI=1S/C19H23N3O2S/c1-24-17-5-3-2-4-16(17)19-21-10-15(25-19)9-20-18(23)12-22-11-13-6-7-14(22)8-13/h2-5,10,13-14H,6-9,11-12H2,1H3,(H,20,23)/t13-,14+/m1/s1. The number of thiazole rings is 1. The van der Waals surface area contributed by atoms with Crippen molar-refractivity contribution in [1.82, 2.24) is 15.2 Å². The number of hydrogen-bond acceptors (Lipinski definition) is 5. The monoisotopic (exact) mass is 357 g/mol. The van der Waals surface area contributed by atoms with Gasteiger partial charge in [0.05, 0.1) is 25.8 Å². The Morgan fingerprint density at radius 1 is 1.40 bits per heavy atom. The SMILES string of the molecule is COc1ccccc1-c1ncc(CNC(=O)CN2C[C@@H]3CC[C@H]2C3)s1. The quantitative estimate of drug-likeness (QED) is 0.864. The van der Waals surface area contributed by atoms with Crippen molar-refractivity contribution in [2.75, 3.05) is 20.2 Å². The molecule has 0 radical (unpaired) electrons. The molecular weight excluding hydrogens is 334 g/mol. The molecule has 1 aliphatic heterocycles. The first-order valence-electron chi connectivity index (χ1n) is 8.82. The number of aromatic nitrogens is 1. The average molecular weight is 357 g/mol. The lowest BCUT2D eigenvalue weighted by Gasteiger charge is -2.25. The van der Waals surface area contributed by atoms with E-state index in [0.29, 0.717) is 19.1 Å². The fourth-order valence-corrected chi connectivity index (χ4v) is 4.86. The van der Waals surface area contributed by atoms with E-state index in [4.69, 9.17) is 4.74 Å². The summed E-state index contributed by atoms with van der Waals surface area (Å²) >= 11 is 1.59. The molecule has 132 valence electrons. The molecule has 4 rings (SSSR count). The molecule has 0 unspecified atom stereocenters. The van der Waals surface area contributed by atoms with Crippen molar-refractivity contribution < 1.29 is 9.53 Å². The highest BCUT2D eigenvalue weighted by molar-refractivity contribution is 7.15. The zero-order valence-corrected chi connectivity index (χ0v) is 15.2. The van der Waals surface area contributed by atoms with Gasteiger partial charge in [0.25, 0.3) is 0 Å². The first-order valence-corrected chi connectivity index (χ1v) is 9.63. The van der Waals surface area contributed by atoms with Crippen molar-refractivity contribution in [2.45, 2.75) is 31.8 Å². The van der Waals surface area contributed by atoms with Crippen LogP contribution >= 0.6 is 11.3 Å². The van der Waals surface area contributed by atoms with Crippen LogP contribution in [0.3, 0.4) is 0 Å². The van der Waals surface area contributed by atoms with Gasteiger partial charge in [0.1, 0.15) is 10.8 Å². The average Bonchev–Trinajstić information content (AvgIpc) is 3.36. The van der Waals surface area contributed by atoms with Gasteiger partial charge in [-0.25, -0.2) is 4.98 Å². The zero-order valence-electron chi connectivity index (χ0n) is 14.4. The molecule has 2 heterocycles. The third kappa shape index (κ3) is 3.55. The molecule has 1 amide bonds. The summed E-state index contributed by atoms with van der Waals surface area (Å²) in [5.41, 5.74) is 0.987. The second-order valence-electron chi connectivity index (χ2n) is 6.87. The van der Waals surface area contributed by atoms with Gasteiger partial charge in [-0.1, -0.05) is 12.1 Å². The van der Waals surface area contributed by atoms with Crippen LogP contribution in [0.5, 0.6) is 5.75 Å². The van der Waals surface area contributed by atoms with Crippen LogP contribution in [0.2, 0.25) is 0 Å². The van der Waals surface area contributed by atoms with E-state index >= 15 is 0 Å². The fourth-order valence-electron chi connectivity index (χ4n) is 3.98. The molecule has 0 spiro atoms. The van der Waals surface area contributed by atoms with Crippen molar-refractivity contribution in [3.05, 3.63) is 35.3 Å². The Balaban J connectivity index is 1.33. The van der Waals surface area contributed by atoms with Crippen molar-refractivity contribution in [1.29, 1.82) is 0 Å². The number of methoxy groups -OCH3 is 1. The van der Waals surface area contributed by atoms with E-state index < -0.39 is 0 Å². The minimum absolute atomic E-state index is 0.111. The molecule has 2 bridgehead atoms. The highest BCUT2D eigenvalue weighted by Crippen LogP contribution is 2.37. The zero-order chi connectivity index (χ0) is 17.2. The molecule has 1 saturated heterocycles. The number of carbonyl (C=O) groups is 1. The molecule has 5 nitrogen and oxygen atoms in total. The van der Waals surface area contributed by atoms with E-state index in [0.717, 1.165) is 33.7 Å². The minimum Gasteiger partial charge on any atom is -0.496 e. The number of piperidine rings is 1. The van der Waals surface area contributed by atoms with Crippen LogP contribution in [-0.4, -0.2) is 42.0 Å². The number of carbonyl (C=O) groups excluding carboxylic acids is 1. The van der Waals surface area contributed by atoms with Gasteiger partial charge in [-0.15, -0.1) is 11.3 Å². The summed E-state index contributed by atoms with van der Waals surface area (Å²) in [6.45, 7) is 2.16. The number of amides is 1. The Hall–Kier alpha value is -1.92. The Labute approximate surface area is 152 Å². The van der Waals surface area contributed by atoms with E-state index in [9.17, 15) is 4.79 Å². The molecule has 1 aliphatic carbocycles. The van der Waals surface area contributed by atoms with Gasteiger partial charge in [0.2, 0.25) is 5.91 Å². The molecular formula is C19H23N3O2S. The summed E-state index contributed by atoms with van der Waals surface area (Å²) in [5, 5.41) is 3.95. The maximum Gasteiger partial charge on any atom is 0.234 e. The Bertz CT molecular complexity index is 761. The molecule has 1 aromatic carbocycles. The van der Waals surface area contributed by atoms with Crippen LogP contribution in [0.1, 0.15) is 24.1 Å². The van der Waals surface area contributed by atoms with Gasteiger partial charge < -0.3 is 10.1 Å². The second kappa shape index (κ2) is 7.14. The third-order valence-corrected chi connectivity index (χ3v) is 6.25. The molecule has 2 fully saturated rings. The van der Waals surface area contributed by atoms with Crippen LogP contribution in [0.25, 0.3) is 10.6 Å². The number of hydrogen-bond donors (Lipinski definition) is 1. The predicted octanol–water partition coefficient (Wildman–Crippen LogP) is 2.92. The Kier molecular flexibility index (Phi) is 4.72. The van der Waals surface area contributed by atoms with Crippen LogP contribution in [0.4, 0.5) is 0 Å². The third-order valence-electron chi connectivity index (χ3n) is 5.22. The summed E-state index contributed by atoms with van der Waals surface area (Å²) < 4.78 is 5.40. The van der Waals surface area contributed by atoms with E-state index in [1.807, 2.05) is 30.5 Å². The Morgan fingerprint density at radius 2 is 2.28 bits per heavy atom. The molecule has 25 heavy (non-hydrogen) atoms. The van der Waals surface area contributed by atoms with E-state index in [1.165, 1.54) is 19.3 Å². The number of likely N-dealkylation sites (tertiary alicyclic amines) is 1. The van der Waals surface area contributed by atoms with Gasteiger partial charge in [-0.2, -0.15) is 0 Å². The highest BCUT2D eigenvalue weighted by atomic mass is 32.1. The van der Waals surface area contributed by atoms with E-state index in [2.05, 4.69) is 15.2 Å². The molecule has 6 heteroatoms. The maximum atomic E-state index is 12.2.